The molecule has 2 aromatic heterocycles. The normalized spacial score (nSPS) is 16.5. The van der Waals surface area contributed by atoms with Crippen molar-refractivity contribution in [1.29, 1.82) is 0 Å². The Kier molecular flexibility index (Phi) is 5.50. The molecule has 3 aromatic rings. The predicted octanol–water partition coefficient (Wildman–Crippen LogP) is 2.82. The van der Waals surface area contributed by atoms with Crippen LogP contribution in [0, 0.1) is 0 Å². The van der Waals surface area contributed by atoms with Gasteiger partial charge in [0.05, 0.1) is 36.4 Å². The van der Waals surface area contributed by atoms with Crippen LogP contribution < -0.4 is 10.9 Å². The second kappa shape index (κ2) is 8.20. The number of rotatable bonds is 6. The number of fused-ring (bicyclic) bond motifs is 1. The summed E-state index contributed by atoms with van der Waals surface area (Å²) in [7, 11) is 0. The maximum absolute atomic E-state index is 13.0. The molecule has 1 aliphatic heterocycles. The van der Waals surface area contributed by atoms with Gasteiger partial charge in [-0.2, -0.15) is 0 Å². The Morgan fingerprint density at radius 3 is 3.00 bits per heavy atom. The van der Waals surface area contributed by atoms with Crippen LogP contribution >= 0.6 is 11.8 Å². The second-order valence-electron chi connectivity index (χ2n) is 6.64. The minimum absolute atomic E-state index is 0.0505. The number of carbonyl (C=O) groups is 1. The van der Waals surface area contributed by atoms with E-state index in [0.717, 1.165) is 19.4 Å². The van der Waals surface area contributed by atoms with Crippen LogP contribution in [0.2, 0.25) is 0 Å². The molecule has 4 rings (SSSR count). The van der Waals surface area contributed by atoms with Crippen molar-refractivity contribution in [3.05, 3.63) is 58.3 Å². The Hall–Kier alpha value is -2.58. The average Bonchev–Trinajstić information content (AvgIpc) is 3.41. The molecule has 1 aliphatic rings. The third kappa shape index (κ3) is 3.83. The van der Waals surface area contributed by atoms with Crippen LogP contribution in [0.3, 0.4) is 0 Å². The van der Waals surface area contributed by atoms with Gasteiger partial charge in [-0.1, -0.05) is 11.8 Å². The number of furan rings is 1. The van der Waals surface area contributed by atoms with E-state index in [0.29, 0.717) is 40.5 Å². The fraction of sp³-hybridized carbons (Fsp3) is 0.350. The quantitative estimate of drug-likeness (QED) is 0.507. The van der Waals surface area contributed by atoms with Gasteiger partial charge in [0.15, 0.2) is 5.16 Å². The molecule has 0 saturated carbocycles. The number of amides is 1. The van der Waals surface area contributed by atoms with Crippen LogP contribution in [-0.2, 0) is 17.8 Å². The lowest BCUT2D eigenvalue weighted by Crippen LogP contribution is -2.29. The Morgan fingerprint density at radius 2 is 2.29 bits per heavy atom. The monoisotopic (exact) mass is 399 g/mol. The first-order valence-corrected chi connectivity index (χ1v) is 10.4. The molecular formula is C20H21N3O4S. The summed E-state index contributed by atoms with van der Waals surface area (Å²) in [4.78, 5) is 30.1. The van der Waals surface area contributed by atoms with Gasteiger partial charge in [0.1, 0.15) is 5.76 Å². The van der Waals surface area contributed by atoms with E-state index in [9.17, 15) is 9.59 Å². The van der Waals surface area contributed by atoms with E-state index in [4.69, 9.17) is 9.15 Å². The Balaban J connectivity index is 1.62. The van der Waals surface area contributed by atoms with Crippen molar-refractivity contribution in [2.24, 2.45) is 0 Å². The van der Waals surface area contributed by atoms with Crippen LogP contribution in [0.25, 0.3) is 10.9 Å². The lowest BCUT2D eigenvalue weighted by Gasteiger charge is -2.15. The van der Waals surface area contributed by atoms with E-state index in [2.05, 4.69) is 10.3 Å². The maximum atomic E-state index is 13.0. The molecule has 0 aliphatic carbocycles. The number of benzene rings is 1. The van der Waals surface area contributed by atoms with Crippen molar-refractivity contribution in [1.82, 2.24) is 14.9 Å². The van der Waals surface area contributed by atoms with Gasteiger partial charge in [-0.15, -0.1) is 0 Å². The first-order chi connectivity index (χ1) is 13.7. The van der Waals surface area contributed by atoms with E-state index >= 15 is 0 Å². The molecule has 1 saturated heterocycles. The van der Waals surface area contributed by atoms with Gasteiger partial charge in [-0.3, -0.25) is 14.2 Å². The van der Waals surface area contributed by atoms with Gasteiger partial charge in [0.25, 0.3) is 11.5 Å². The zero-order valence-corrected chi connectivity index (χ0v) is 16.3. The van der Waals surface area contributed by atoms with Crippen LogP contribution in [0.4, 0.5) is 0 Å². The van der Waals surface area contributed by atoms with Crippen LogP contribution in [0.1, 0.15) is 29.0 Å². The smallest absolute Gasteiger partial charge is 0.262 e. The van der Waals surface area contributed by atoms with Crippen molar-refractivity contribution in [3.8, 4) is 0 Å². The van der Waals surface area contributed by atoms with Gasteiger partial charge < -0.3 is 14.5 Å². The summed E-state index contributed by atoms with van der Waals surface area (Å²) in [6.45, 7) is 1.55. The van der Waals surface area contributed by atoms with E-state index in [1.165, 1.54) is 11.8 Å². The Bertz CT molecular complexity index is 1040. The molecule has 28 heavy (non-hydrogen) atoms. The zero-order valence-electron chi connectivity index (χ0n) is 15.5. The molecule has 1 N–H and O–H groups in total. The van der Waals surface area contributed by atoms with Crippen molar-refractivity contribution in [2.75, 3.05) is 12.9 Å². The second-order valence-corrected chi connectivity index (χ2v) is 7.42. The number of carbonyl (C=O) groups excluding carboxylic acids is 1. The van der Waals surface area contributed by atoms with Crippen LogP contribution in [0.15, 0.2) is 51.0 Å². The number of hydrogen-bond acceptors (Lipinski definition) is 6. The Morgan fingerprint density at radius 1 is 1.39 bits per heavy atom. The number of hydrogen-bond donors (Lipinski definition) is 1. The summed E-state index contributed by atoms with van der Waals surface area (Å²) in [5.74, 6) is 0.434. The highest BCUT2D eigenvalue weighted by atomic mass is 32.2. The fourth-order valence-corrected chi connectivity index (χ4v) is 3.90. The van der Waals surface area contributed by atoms with E-state index < -0.39 is 0 Å². The van der Waals surface area contributed by atoms with E-state index in [1.807, 2.05) is 6.26 Å². The Labute approximate surface area is 166 Å². The van der Waals surface area contributed by atoms with Crippen molar-refractivity contribution in [2.45, 2.75) is 37.2 Å². The SMILES string of the molecule is CSc1nc2cc(C(=O)NCc3ccco3)ccc2c(=O)n1CC1CCCO1. The first-order valence-electron chi connectivity index (χ1n) is 9.16. The van der Waals surface area contributed by atoms with Gasteiger partial charge in [0, 0.05) is 12.2 Å². The summed E-state index contributed by atoms with van der Waals surface area (Å²) in [5, 5.41) is 3.93. The van der Waals surface area contributed by atoms with Gasteiger partial charge in [-0.05, 0) is 49.4 Å². The number of nitrogens with zero attached hydrogens (tertiary/aromatic N) is 2. The molecule has 1 amide bonds. The fourth-order valence-electron chi connectivity index (χ4n) is 3.33. The highest BCUT2D eigenvalue weighted by Gasteiger charge is 2.20. The average molecular weight is 399 g/mol. The van der Waals surface area contributed by atoms with E-state index in [1.54, 1.807) is 41.2 Å². The molecular weight excluding hydrogens is 378 g/mol. The predicted molar refractivity (Wildman–Crippen MR) is 107 cm³/mol. The minimum Gasteiger partial charge on any atom is -0.467 e. The third-order valence-corrected chi connectivity index (χ3v) is 5.46. The molecule has 1 atom stereocenters. The summed E-state index contributed by atoms with van der Waals surface area (Å²) in [6.07, 6.45) is 5.47. The molecule has 7 nitrogen and oxygen atoms in total. The molecule has 1 aromatic carbocycles. The van der Waals surface area contributed by atoms with E-state index in [-0.39, 0.29) is 17.6 Å². The van der Waals surface area contributed by atoms with Crippen molar-refractivity contribution >= 4 is 28.6 Å². The molecule has 1 fully saturated rings. The molecule has 0 spiro atoms. The minimum atomic E-state index is -0.241. The lowest BCUT2D eigenvalue weighted by atomic mass is 10.1. The molecule has 8 heteroatoms. The summed E-state index contributed by atoms with van der Waals surface area (Å²) >= 11 is 1.41. The highest BCUT2D eigenvalue weighted by Crippen LogP contribution is 2.20. The largest absolute Gasteiger partial charge is 0.467 e. The molecule has 0 bridgehead atoms. The topological polar surface area (TPSA) is 86.4 Å². The van der Waals surface area contributed by atoms with Crippen LogP contribution in [0.5, 0.6) is 0 Å². The highest BCUT2D eigenvalue weighted by molar-refractivity contribution is 7.98. The molecule has 1 unspecified atom stereocenters. The number of thioether (sulfide) groups is 1. The molecule has 3 heterocycles. The first kappa shape index (κ1) is 18.8. The lowest BCUT2D eigenvalue weighted by molar-refractivity contribution is 0.0937. The maximum Gasteiger partial charge on any atom is 0.262 e. The van der Waals surface area contributed by atoms with Gasteiger partial charge in [0.2, 0.25) is 0 Å². The number of aromatic nitrogens is 2. The van der Waals surface area contributed by atoms with Crippen molar-refractivity contribution < 1.29 is 13.9 Å². The van der Waals surface area contributed by atoms with Gasteiger partial charge in [-0.25, -0.2) is 4.98 Å². The number of ether oxygens (including phenoxy) is 1. The van der Waals surface area contributed by atoms with Crippen molar-refractivity contribution in [3.63, 3.8) is 0 Å². The summed E-state index contributed by atoms with van der Waals surface area (Å²) < 4.78 is 12.6. The summed E-state index contributed by atoms with van der Waals surface area (Å²) in [5.41, 5.74) is 0.867. The van der Waals surface area contributed by atoms with Gasteiger partial charge >= 0.3 is 0 Å². The third-order valence-electron chi connectivity index (χ3n) is 4.78. The summed E-state index contributed by atoms with van der Waals surface area (Å²) in [6, 6.07) is 8.54. The number of nitrogens with one attached hydrogen (secondary N) is 1. The zero-order chi connectivity index (χ0) is 19.5. The molecule has 0 radical (unpaired) electrons. The standard InChI is InChI=1S/C20H21N3O4S/c1-28-20-22-17-10-13(18(24)21-11-14-4-2-8-26-14)6-7-16(17)19(25)23(20)12-15-5-3-9-27-15/h2,4,6-8,10,15H,3,5,9,11-12H2,1H3,(H,21,24). The molecule has 146 valence electrons. The van der Waals surface area contributed by atoms with Crippen LogP contribution in [-0.4, -0.2) is 34.4 Å².